The Bertz CT molecular complexity index is 701. The third-order valence-corrected chi connectivity index (χ3v) is 5.30. The number of hydrogen-bond donors (Lipinski definition) is 2. The summed E-state index contributed by atoms with van der Waals surface area (Å²) in [6, 6.07) is 0. The molecule has 2 aromatic rings. The fourth-order valence-corrected chi connectivity index (χ4v) is 4.28. The maximum absolute atomic E-state index is 11.8. The van der Waals surface area contributed by atoms with Crippen LogP contribution in [0.15, 0.2) is 6.33 Å². The highest BCUT2D eigenvalue weighted by atomic mass is 32.1. The predicted molar refractivity (Wildman–Crippen MR) is 92.0 cm³/mol. The van der Waals surface area contributed by atoms with Gasteiger partial charge in [0, 0.05) is 18.5 Å². The third-order valence-electron chi connectivity index (χ3n) is 4.14. The molecular formula is C16H22N4O2S. The molecule has 1 aliphatic rings. The van der Waals surface area contributed by atoms with Gasteiger partial charge in [0.15, 0.2) is 0 Å². The van der Waals surface area contributed by atoms with E-state index in [0.29, 0.717) is 13.2 Å². The van der Waals surface area contributed by atoms with Gasteiger partial charge in [-0.25, -0.2) is 9.97 Å². The first-order valence-electron chi connectivity index (χ1n) is 7.93. The van der Waals surface area contributed by atoms with E-state index in [4.69, 9.17) is 4.74 Å². The second kappa shape index (κ2) is 7.23. The van der Waals surface area contributed by atoms with Crippen LogP contribution in [0.5, 0.6) is 0 Å². The lowest BCUT2D eigenvalue weighted by Gasteiger charge is -2.18. The highest BCUT2D eigenvalue weighted by Gasteiger charge is 2.23. The van der Waals surface area contributed by atoms with Crippen molar-refractivity contribution in [3.8, 4) is 0 Å². The van der Waals surface area contributed by atoms with Crippen molar-refractivity contribution < 1.29 is 9.53 Å². The van der Waals surface area contributed by atoms with Crippen molar-refractivity contribution in [3.05, 3.63) is 16.8 Å². The summed E-state index contributed by atoms with van der Waals surface area (Å²) >= 11 is 1.76. The molecule has 2 heterocycles. The Morgan fingerprint density at radius 1 is 1.48 bits per heavy atom. The smallest absolute Gasteiger partial charge is 0.239 e. The maximum atomic E-state index is 11.8. The number of ether oxygens (including phenoxy) is 1. The second-order valence-corrected chi connectivity index (χ2v) is 7.03. The largest absolute Gasteiger partial charge is 0.383 e. The van der Waals surface area contributed by atoms with Gasteiger partial charge < -0.3 is 15.4 Å². The van der Waals surface area contributed by atoms with Gasteiger partial charge in [-0.15, -0.1) is 11.3 Å². The number of fused-ring (bicyclic) bond motifs is 3. The van der Waals surface area contributed by atoms with Crippen LogP contribution in [0, 0.1) is 5.92 Å². The van der Waals surface area contributed by atoms with Crippen LogP contribution in [0.1, 0.15) is 23.8 Å². The highest BCUT2D eigenvalue weighted by Crippen LogP contribution is 2.39. The number of nitrogens with zero attached hydrogens (tertiary/aromatic N) is 2. The van der Waals surface area contributed by atoms with Crippen LogP contribution in [-0.4, -0.2) is 42.7 Å². The molecule has 0 aromatic carbocycles. The number of rotatable bonds is 6. The Morgan fingerprint density at radius 3 is 3.17 bits per heavy atom. The predicted octanol–water partition coefficient (Wildman–Crippen LogP) is 1.99. The Morgan fingerprint density at radius 2 is 2.35 bits per heavy atom. The van der Waals surface area contributed by atoms with Crippen LogP contribution in [0.3, 0.4) is 0 Å². The Balaban J connectivity index is 1.75. The van der Waals surface area contributed by atoms with Crippen molar-refractivity contribution in [1.29, 1.82) is 0 Å². The summed E-state index contributed by atoms with van der Waals surface area (Å²) in [5.74, 6) is 1.43. The van der Waals surface area contributed by atoms with E-state index in [1.807, 2.05) is 0 Å². The molecule has 3 rings (SSSR count). The van der Waals surface area contributed by atoms with E-state index in [1.165, 1.54) is 16.9 Å². The van der Waals surface area contributed by atoms with Crippen LogP contribution < -0.4 is 10.6 Å². The summed E-state index contributed by atoms with van der Waals surface area (Å²) in [5, 5.41) is 7.06. The summed E-state index contributed by atoms with van der Waals surface area (Å²) in [6.45, 7) is 3.53. The Kier molecular flexibility index (Phi) is 5.07. The Hall–Kier alpha value is -1.73. The molecular weight excluding hydrogens is 312 g/mol. The normalized spacial score (nSPS) is 17.0. The SMILES string of the molecule is COCCNC(=O)CNc1ncnc2sc3c(c12)CC[C@H](C)C3. The van der Waals surface area contributed by atoms with Crippen molar-refractivity contribution in [2.45, 2.75) is 26.2 Å². The van der Waals surface area contributed by atoms with E-state index in [-0.39, 0.29) is 12.5 Å². The summed E-state index contributed by atoms with van der Waals surface area (Å²) in [4.78, 5) is 23.0. The monoisotopic (exact) mass is 334 g/mol. The molecule has 0 fully saturated rings. The minimum Gasteiger partial charge on any atom is -0.383 e. The second-order valence-electron chi connectivity index (χ2n) is 5.95. The number of carbonyl (C=O) groups is 1. The molecule has 1 amide bonds. The van der Waals surface area contributed by atoms with Crippen molar-refractivity contribution >= 4 is 33.3 Å². The molecule has 23 heavy (non-hydrogen) atoms. The molecule has 2 aromatic heterocycles. The Labute approximate surface area is 139 Å². The first-order chi connectivity index (χ1) is 11.2. The van der Waals surface area contributed by atoms with Gasteiger partial charge in [0.2, 0.25) is 5.91 Å². The summed E-state index contributed by atoms with van der Waals surface area (Å²) in [5.41, 5.74) is 1.37. The molecule has 1 aliphatic carbocycles. The third kappa shape index (κ3) is 3.61. The molecule has 0 aliphatic heterocycles. The number of aryl methyl sites for hydroxylation is 1. The number of nitrogens with one attached hydrogen (secondary N) is 2. The minimum absolute atomic E-state index is 0.0634. The number of methoxy groups -OCH3 is 1. The zero-order valence-electron chi connectivity index (χ0n) is 13.5. The van der Waals surface area contributed by atoms with E-state index in [2.05, 4.69) is 27.5 Å². The number of hydrogen-bond acceptors (Lipinski definition) is 6. The van der Waals surface area contributed by atoms with E-state index in [1.54, 1.807) is 24.8 Å². The lowest BCUT2D eigenvalue weighted by molar-refractivity contribution is -0.119. The van der Waals surface area contributed by atoms with E-state index < -0.39 is 0 Å². The molecule has 0 bridgehead atoms. The lowest BCUT2D eigenvalue weighted by Crippen LogP contribution is -2.32. The lowest BCUT2D eigenvalue weighted by atomic mass is 9.89. The van der Waals surface area contributed by atoms with Crippen molar-refractivity contribution in [2.24, 2.45) is 5.92 Å². The van der Waals surface area contributed by atoms with E-state index in [9.17, 15) is 4.79 Å². The van der Waals surface area contributed by atoms with Crippen LogP contribution in [0.2, 0.25) is 0 Å². The van der Waals surface area contributed by atoms with Gasteiger partial charge in [0.1, 0.15) is 17.0 Å². The summed E-state index contributed by atoms with van der Waals surface area (Å²) < 4.78 is 4.92. The number of aromatic nitrogens is 2. The van der Waals surface area contributed by atoms with Crippen molar-refractivity contribution in [3.63, 3.8) is 0 Å². The molecule has 6 nitrogen and oxygen atoms in total. The molecule has 2 N–H and O–H groups in total. The van der Waals surface area contributed by atoms with Gasteiger partial charge in [-0.3, -0.25) is 4.79 Å². The standard InChI is InChI=1S/C16H22N4O2S/c1-10-3-4-11-12(7-10)23-16-14(11)15(19-9-20-16)18-8-13(21)17-5-6-22-2/h9-10H,3-8H2,1-2H3,(H,17,21)(H,18,19,20)/t10-/m0/s1. The average molecular weight is 334 g/mol. The molecule has 0 saturated heterocycles. The van der Waals surface area contributed by atoms with Gasteiger partial charge >= 0.3 is 0 Å². The molecule has 0 unspecified atom stereocenters. The van der Waals surface area contributed by atoms with Crippen LogP contribution in [0.4, 0.5) is 5.82 Å². The zero-order chi connectivity index (χ0) is 16.2. The molecule has 1 atom stereocenters. The molecule has 124 valence electrons. The first-order valence-corrected chi connectivity index (χ1v) is 8.75. The topological polar surface area (TPSA) is 76.1 Å². The van der Waals surface area contributed by atoms with Crippen molar-refractivity contribution in [2.75, 3.05) is 32.1 Å². The number of thiophene rings is 1. The van der Waals surface area contributed by atoms with Crippen LogP contribution in [0.25, 0.3) is 10.2 Å². The number of carbonyl (C=O) groups excluding carboxylic acids is 1. The van der Waals surface area contributed by atoms with Gasteiger partial charge in [0.25, 0.3) is 0 Å². The summed E-state index contributed by atoms with van der Waals surface area (Å²) in [6.07, 6.45) is 4.95. The van der Waals surface area contributed by atoms with Gasteiger partial charge in [0.05, 0.1) is 18.5 Å². The fraction of sp³-hybridized carbons (Fsp3) is 0.562. The minimum atomic E-state index is -0.0634. The first kappa shape index (κ1) is 16.1. The van der Waals surface area contributed by atoms with Crippen LogP contribution >= 0.6 is 11.3 Å². The number of anilines is 1. The molecule has 0 radical (unpaired) electrons. The molecule has 0 spiro atoms. The zero-order valence-corrected chi connectivity index (χ0v) is 14.3. The van der Waals surface area contributed by atoms with E-state index in [0.717, 1.165) is 34.8 Å². The van der Waals surface area contributed by atoms with Gasteiger partial charge in [-0.2, -0.15) is 0 Å². The summed E-state index contributed by atoms with van der Waals surface area (Å²) in [7, 11) is 1.61. The quantitative estimate of drug-likeness (QED) is 0.790. The maximum Gasteiger partial charge on any atom is 0.239 e. The van der Waals surface area contributed by atoms with Gasteiger partial charge in [-0.1, -0.05) is 6.92 Å². The van der Waals surface area contributed by atoms with E-state index >= 15 is 0 Å². The molecule has 0 saturated carbocycles. The van der Waals surface area contributed by atoms with Crippen molar-refractivity contribution in [1.82, 2.24) is 15.3 Å². The molecule has 7 heteroatoms. The van der Waals surface area contributed by atoms with Gasteiger partial charge in [-0.05, 0) is 30.7 Å². The fourth-order valence-electron chi connectivity index (χ4n) is 2.93. The average Bonchev–Trinajstić information content (AvgIpc) is 2.91. The highest BCUT2D eigenvalue weighted by molar-refractivity contribution is 7.19. The number of amides is 1. The van der Waals surface area contributed by atoms with Crippen LogP contribution in [-0.2, 0) is 22.4 Å².